The van der Waals surface area contributed by atoms with Crippen molar-refractivity contribution in [3.63, 3.8) is 0 Å². The van der Waals surface area contributed by atoms with Crippen LogP contribution in [0.25, 0.3) is 0 Å². The number of ether oxygens (including phenoxy) is 1. The van der Waals surface area contributed by atoms with E-state index in [1.165, 1.54) is 17.8 Å². The molecule has 0 spiro atoms. The number of benzene rings is 1. The van der Waals surface area contributed by atoms with Gasteiger partial charge in [0, 0.05) is 23.9 Å². The minimum absolute atomic E-state index is 0.310. The summed E-state index contributed by atoms with van der Waals surface area (Å²) in [6.45, 7) is 3.09. The van der Waals surface area contributed by atoms with Gasteiger partial charge < -0.3 is 10.1 Å². The van der Waals surface area contributed by atoms with Crippen LogP contribution in [0.2, 0.25) is 0 Å². The van der Waals surface area contributed by atoms with Gasteiger partial charge in [-0.1, -0.05) is 17.7 Å². The number of nitrogens with zero attached hydrogens (tertiary/aromatic N) is 1. The Morgan fingerprint density at radius 3 is 2.84 bits per heavy atom. The second kappa shape index (κ2) is 6.29. The quantitative estimate of drug-likeness (QED) is 0.897. The SMILES string of the molecule is CNCc1cc(C)ccc1OCc1cncc(F)c1. The highest BCUT2D eigenvalue weighted by molar-refractivity contribution is 5.37. The molecule has 2 rings (SSSR count). The van der Waals surface area contributed by atoms with Gasteiger partial charge in [-0.2, -0.15) is 0 Å². The number of aryl methyl sites for hydroxylation is 1. The first-order valence-corrected chi connectivity index (χ1v) is 6.15. The molecule has 4 heteroatoms. The monoisotopic (exact) mass is 260 g/mol. The fraction of sp³-hybridized carbons (Fsp3) is 0.267. The first-order valence-electron chi connectivity index (χ1n) is 6.15. The summed E-state index contributed by atoms with van der Waals surface area (Å²) in [5.41, 5.74) is 2.99. The molecule has 0 saturated carbocycles. The first-order chi connectivity index (χ1) is 9.19. The smallest absolute Gasteiger partial charge is 0.141 e. The third kappa shape index (κ3) is 3.76. The summed E-state index contributed by atoms with van der Waals surface area (Å²) in [4.78, 5) is 3.80. The molecule has 100 valence electrons. The fourth-order valence-electron chi connectivity index (χ4n) is 1.87. The normalized spacial score (nSPS) is 10.5. The van der Waals surface area contributed by atoms with E-state index in [-0.39, 0.29) is 5.82 Å². The molecule has 0 unspecified atom stereocenters. The van der Waals surface area contributed by atoms with E-state index >= 15 is 0 Å². The predicted molar refractivity (Wildman–Crippen MR) is 72.5 cm³/mol. The lowest BCUT2D eigenvalue weighted by Gasteiger charge is -2.12. The molecule has 0 fully saturated rings. The highest BCUT2D eigenvalue weighted by Gasteiger charge is 2.04. The lowest BCUT2D eigenvalue weighted by atomic mass is 10.1. The van der Waals surface area contributed by atoms with Gasteiger partial charge in [0.05, 0.1) is 6.20 Å². The van der Waals surface area contributed by atoms with Crippen LogP contribution in [0.15, 0.2) is 36.7 Å². The van der Waals surface area contributed by atoms with Gasteiger partial charge in [0.2, 0.25) is 0 Å². The maximum atomic E-state index is 13.0. The summed E-state index contributed by atoms with van der Waals surface area (Å²) in [5.74, 6) is 0.463. The van der Waals surface area contributed by atoms with Crippen molar-refractivity contribution in [3.8, 4) is 5.75 Å². The number of pyridine rings is 1. The molecule has 19 heavy (non-hydrogen) atoms. The van der Waals surface area contributed by atoms with Crippen molar-refractivity contribution in [1.82, 2.24) is 10.3 Å². The number of halogens is 1. The van der Waals surface area contributed by atoms with E-state index in [9.17, 15) is 4.39 Å². The Morgan fingerprint density at radius 2 is 2.11 bits per heavy atom. The van der Waals surface area contributed by atoms with Crippen LogP contribution < -0.4 is 10.1 Å². The largest absolute Gasteiger partial charge is 0.489 e. The Balaban J connectivity index is 2.10. The Kier molecular flexibility index (Phi) is 4.47. The third-order valence-corrected chi connectivity index (χ3v) is 2.74. The number of nitrogens with one attached hydrogen (secondary N) is 1. The fourth-order valence-corrected chi connectivity index (χ4v) is 1.87. The lowest BCUT2D eigenvalue weighted by molar-refractivity contribution is 0.301. The van der Waals surface area contributed by atoms with Gasteiger partial charge >= 0.3 is 0 Å². The van der Waals surface area contributed by atoms with Crippen molar-refractivity contribution in [2.45, 2.75) is 20.1 Å². The first kappa shape index (κ1) is 13.5. The summed E-state index contributed by atoms with van der Waals surface area (Å²) in [6, 6.07) is 7.45. The van der Waals surface area contributed by atoms with Crippen molar-refractivity contribution < 1.29 is 9.13 Å². The van der Waals surface area contributed by atoms with Crippen LogP contribution in [-0.2, 0) is 13.2 Å². The molecule has 1 heterocycles. The highest BCUT2D eigenvalue weighted by atomic mass is 19.1. The second-order valence-corrected chi connectivity index (χ2v) is 4.44. The molecule has 0 aliphatic heterocycles. The molecule has 0 radical (unpaired) electrons. The Labute approximate surface area is 112 Å². The Bertz CT molecular complexity index is 558. The van der Waals surface area contributed by atoms with E-state index in [0.717, 1.165) is 23.4 Å². The summed E-state index contributed by atoms with van der Waals surface area (Å²) >= 11 is 0. The second-order valence-electron chi connectivity index (χ2n) is 4.44. The molecular formula is C15H17FN2O. The van der Waals surface area contributed by atoms with Gasteiger partial charge in [0.1, 0.15) is 18.2 Å². The average Bonchev–Trinajstić information content (AvgIpc) is 2.38. The molecule has 0 bridgehead atoms. The predicted octanol–water partition coefficient (Wildman–Crippen LogP) is 2.83. The molecule has 0 atom stereocenters. The molecule has 2 aromatic rings. The highest BCUT2D eigenvalue weighted by Crippen LogP contribution is 2.21. The zero-order valence-corrected chi connectivity index (χ0v) is 11.1. The van der Waals surface area contributed by atoms with Gasteiger partial charge in [0.25, 0.3) is 0 Å². The van der Waals surface area contributed by atoms with Gasteiger partial charge in [-0.3, -0.25) is 4.98 Å². The van der Waals surface area contributed by atoms with Crippen LogP contribution in [0.3, 0.4) is 0 Å². The van der Waals surface area contributed by atoms with Crippen LogP contribution in [0.5, 0.6) is 5.75 Å². The molecule has 0 aliphatic rings. The average molecular weight is 260 g/mol. The van der Waals surface area contributed by atoms with Crippen molar-refractivity contribution in [2.75, 3.05) is 7.05 Å². The van der Waals surface area contributed by atoms with Crippen LogP contribution in [0, 0.1) is 12.7 Å². The van der Waals surface area contributed by atoms with Gasteiger partial charge in [0.15, 0.2) is 0 Å². The molecule has 0 aliphatic carbocycles. The van der Waals surface area contributed by atoms with E-state index in [0.29, 0.717) is 6.61 Å². The Morgan fingerprint density at radius 1 is 1.26 bits per heavy atom. The van der Waals surface area contributed by atoms with E-state index in [4.69, 9.17) is 4.74 Å². The summed E-state index contributed by atoms with van der Waals surface area (Å²) in [6.07, 6.45) is 2.79. The minimum atomic E-state index is -0.347. The van der Waals surface area contributed by atoms with Crippen molar-refractivity contribution in [1.29, 1.82) is 0 Å². The van der Waals surface area contributed by atoms with Crippen LogP contribution in [-0.4, -0.2) is 12.0 Å². The van der Waals surface area contributed by atoms with Crippen molar-refractivity contribution in [2.24, 2.45) is 0 Å². The molecule has 0 amide bonds. The van der Waals surface area contributed by atoms with Crippen LogP contribution in [0.4, 0.5) is 4.39 Å². The van der Waals surface area contributed by atoms with Gasteiger partial charge in [-0.15, -0.1) is 0 Å². The Hall–Kier alpha value is -1.94. The molecule has 3 nitrogen and oxygen atoms in total. The van der Waals surface area contributed by atoms with E-state index in [2.05, 4.69) is 16.4 Å². The van der Waals surface area contributed by atoms with Gasteiger partial charge in [-0.25, -0.2) is 4.39 Å². The van der Waals surface area contributed by atoms with Crippen molar-refractivity contribution in [3.05, 3.63) is 59.2 Å². The maximum absolute atomic E-state index is 13.0. The number of aromatic nitrogens is 1. The topological polar surface area (TPSA) is 34.1 Å². The van der Waals surface area contributed by atoms with E-state index in [1.807, 2.05) is 26.1 Å². The van der Waals surface area contributed by atoms with Crippen molar-refractivity contribution >= 4 is 0 Å². The van der Waals surface area contributed by atoms with E-state index in [1.54, 1.807) is 6.20 Å². The summed E-state index contributed by atoms with van der Waals surface area (Å²) < 4.78 is 18.8. The molecular weight excluding hydrogens is 243 g/mol. The number of hydrogen-bond donors (Lipinski definition) is 1. The van der Waals surface area contributed by atoms with E-state index < -0.39 is 0 Å². The minimum Gasteiger partial charge on any atom is -0.489 e. The number of hydrogen-bond acceptors (Lipinski definition) is 3. The molecule has 0 saturated heterocycles. The zero-order chi connectivity index (χ0) is 13.7. The molecule has 1 N–H and O–H groups in total. The standard InChI is InChI=1S/C15H17FN2O/c1-11-3-4-15(13(5-11)8-17-2)19-10-12-6-14(16)9-18-7-12/h3-7,9,17H,8,10H2,1-2H3. The zero-order valence-electron chi connectivity index (χ0n) is 11.1. The molecule has 1 aromatic heterocycles. The van der Waals surface area contributed by atoms with Crippen LogP contribution >= 0.6 is 0 Å². The number of rotatable bonds is 5. The third-order valence-electron chi connectivity index (χ3n) is 2.74. The lowest BCUT2D eigenvalue weighted by Crippen LogP contribution is -2.08. The molecule has 1 aromatic carbocycles. The van der Waals surface area contributed by atoms with Crippen LogP contribution in [0.1, 0.15) is 16.7 Å². The summed E-state index contributed by atoms with van der Waals surface area (Å²) in [7, 11) is 1.89. The maximum Gasteiger partial charge on any atom is 0.141 e. The summed E-state index contributed by atoms with van der Waals surface area (Å²) in [5, 5.41) is 3.11. The van der Waals surface area contributed by atoms with Gasteiger partial charge in [-0.05, 0) is 26.1 Å².